The third-order valence-corrected chi connectivity index (χ3v) is 39.5. The molecule has 15 rings (SSSR count). The van der Waals surface area contributed by atoms with Gasteiger partial charge in [0.2, 0.25) is 0 Å². The molecule has 0 amide bonds. The first-order valence-electron chi connectivity index (χ1n) is 34.2. The predicted molar refractivity (Wildman–Crippen MR) is 412 cm³/mol. The molecule has 0 fully saturated rings. The van der Waals surface area contributed by atoms with Crippen LogP contribution < -0.4 is 14.3 Å². The molecule has 476 valence electrons. The second-order valence-corrected chi connectivity index (χ2v) is 47.5. The van der Waals surface area contributed by atoms with E-state index in [1.807, 2.05) is 23.5 Å². The van der Waals surface area contributed by atoms with E-state index < -0.39 is 18.4 Å². The van der Waals surface area contributed by atoms with Gasteiger partial charge in [-0.25, -0.2) is 0 Å². The Labute approximate surface area is 571 Å². The van der Waals surface area contributed by atoms with E-state index >= 15 is 0 Å². The van der Waals surface area contributed by atoms with Crippen LogP contribution in [0.4, 0.5) is 0 Å². The Balaban J connectivity index is 1.05. The molecule has 0 radical (unpaired) electrons. The summed E-state index contributed by atoms with van der Waals surface area (Å²) in [6, 6.07) is 74.4. The quantitative estimate of drug-likeness (QED) is 0.163. The zero-order chi connectivity index (χ0) is 66.7. The van der Waals surface area contributed by atoms with Crippen LogP contribution in [0.25, 0.3) is 82.5 Å². The summed E-state index contributed by atoms with van der Waals surface area (Å²) in [4.78, 5) is 5.47. The van der Waals surface area contributed by atoms with Gasteiger partial charge in [0.1, 0.15) is 0 Å². The molecule has 0 saturated heterocycles. The average molecular weight is 1380 g/mol. The van der Waals surface area contributed by atoms with Gasteiger partial charge in [0.05, 0.1) is 0 Å². The maximum absolute atomic E-state index is 4.51. The summed E-state index contributed by atoms with van der Waals surface area (Å²) in [6.07, 6.45) is 0. The molecule has 10 aromatic carbocycles. The Morgan fingerprint density at radius 1 is 0.234 bits per heavy atom. The van der Waals surface area contributed by atoms with Crippen molar-refractivity contribution in [1.29, 1.82) is 0 Å². The van der Waals surface area contributed by atoms with Crippen LogP contribution in [0.2, 0.25) is 0 Å². The van der Waals surface area contributed by atoms with E-state index in [0.29, 0.717) is 0 Å². The van der Waals surface area contributed by atoms with Crippen molar-refractivity contribution in [1.82, 2.24) is 13.7 Å². The number of hydrogen-bond acceptors (Lipinski definition) is 2. The van der Waals surface area contributed by atoms with Crippen molar-refractivity contribution in [2.45, 2.75) is 203 Å². The summed E-state index contributed by atoms with van der Waals surface area (Å²) in [7, 11) is 0. The minimum atomic E-state index is -4.51. The number of benzene rings is 10. The van der Waals surface area contributed by atoms with Gasteiger partial charge in [0.15, 0.2) is 0 Å². The Morgan fingerprint density at radius 3 is 0.723 bits per heavy atom. The van der Waals surface area contributed by atoms with Crippen LogP contribution in [-0.4, -0.2) is 32.1 Å². The number of fused-ring (bicyclic) bond motifs is 13. The normalized spacial score (nSPS) is 14.6. The van der Waals surface area contributed by atoms with Crippen LogP contribution in [0.3, 0.4) is 0 Å². The van der Waals surface area contributed by atoms with E-state index in [1.165, 1.54) is 152 Å². The van der Waals surface area contributed by atoms with Gasteiger partial charge in [0.25, 0.3) is 0 Å². The van der Waals surface area contributed by atoms with Gasteiger partial charge in [-0.15, -0.1) is 0 Å². The van der Waals surface area contributed by atoms with Gasteiger partial charge in [-0.05, 0) is 0 Å². The molecule has 94 heavy (non-hydrogen) atoms. The van der Waals surface area contributed by atoms with E-state index in [1.54, 1.807) is 3.58 Å². The van der Waals surface area contributed by atoms with E-state index in [4.69, 9.17) is 0 Å². The van der Waals surface area contributed by atoms with E-state index in [2.05, 4.69) is 341 Å². The van der Waals surface area contributed by atoms with Gasteiger partial charge >= 0.3 is 576 Å². The van der Waals surface area contributed by atoms with Gasteiger partial charge in [-0.3, -0.25) is 0 Å². The molecule has 5 heterocycles. The standard InChI is InChI=1S/C78H80N3S2.C10H13.Sn/c1-73(2,3)48-25-31-67-61(37-48)62-38-49(74(4,5)6)26-32-68(62)79(67)54-21-19-23-57(43-54)82-59-45-56(81-71-35-29-52(77(13,14)15)41-65(71)66-42-53(78(16,17)18)30-36-72(66)81)46-60(47-59)83-58-24-20-22-55(44-58)80-69-33-27-50(75(7,8)9)39-63(69)64-40-51(76(10,11)12)28-34-70(64)80;1-10(2,3)9-7-5-4-6-8-9;/h19-22,25-46H,1-18H3;5-8H,1-3H3;. The Bertz CT molecular complexity index is 4900. The van der Waals surface area contributed by atoms with Crippen molar-refractivity contribution in [3.05, 3.63) is 221 Å². The Morgan fingerprint density at radius 2 is 0.468 bits per heavy atom. The van der Waals surface area contributed by atoms with Crippen LogP contribution in [-0.2, 0) is 37.9 Å². The van der Waals surface area contributed by atoms with Gasteiger partial charge in [0, 0.05) is 0 Å². The molecular formula is C88H93N3S2Sn. The predicted octanol–water partition coefficient (Wildman–Crippen LogP) is 22.4. The molecule has 0 N–H and O–H groups in total. The molecule has 3 nitrogen and oxygen atoms in total. The van der Waals surface area contributed by atoms with E-state index in [-0.39, 0.29) is 37.9 Å². The van der Waals surface area contributed by atoms with E-state index in [9.17, 15) is 0 Å². The Hall–Kier alpha value is -6.90. The fourth-order valence-electron chi connectivity index (χ4n) is 15.4. The number of aromatic nitrogens is 3. The summed E-state index contributed by atoms with van der Waals surface area (Å²) in [5, 5.41) is 7.86. The molecule has 0 atom stereocenters. The molecule has 0 unspecified atom stereocenters. The van der Waals surface area contributed by atoms with Crippen molar-refractivity contribution < 1.29 is 0 Å². The first kappa shape index (κ1) is 63.2. The fourth-order valence-corrected chi connectivity index (χ4v) is 37.1. The summed E-state index contributed by atoms with van der Waals surface area (Å²) < 4.78 is 13.9. The average Bonchev–Trinajstić information content (AvgIpc) is 0.711. The van der Waals surface area contributed by atoms with Gasteiger partial charge < -0.3 is 0 Å². The fraction of sp³-hybridized carbons (Fsp3) is 0.318. The summed E-state index contributed by atoms with van der Waals surface area (Å²) in [6.45, 7) is 49.2. The first-order valence-corrected chi connectivity index (χ1v) is 41.6. The van der Waals surface area contributed by atoms with Crippen molar-refractivity contribution in [2.75, 3.05) is 0 Å². The zero-order valence-electron chi connectivity index (χ0n) is 59.5. The summed E-state index contributed by atoms with van der Waals surface area (Å²) in [5.41, 5.74) is 20.5. The Kier molecular flexibility index (Phi) is 14.1. The van der Waals surface area contributed by atoms with Crippen LogP contribution in [0, 0.1) is 0 Å². The van der Waals surface area contributed by atoms with Crippen LogP contribution in [0.5, 0.6) is 0 Å². The van der Waals surface area contributed by atoms with Crippen molar-refractivity contribution in [2.24, 2.45) is 0 Å². The van der Waals surface area contributed by atoms with E-state index in [0.717, 1.165) is 0 Å². The molecule has 0 aliphatic carbocycles. The van der Waals surface area contributed by atoms with Crippen molar-refractivity contribution in [3.63, 3.8) is 0 Å². The van der Waals surface area contributed by atoms with Crippen LogP contribution in [0.1, 0.15) is 184 Å². The molecule has 2 aliphatic rings. The molecule has 6 heteroatoms. The van der Waals surface area contributed by atoms with Crippen LogP contribution in [0.15, 0.2) is 202 Å². The number of rotatable bonds is 4. The number of nitrogens with zero attached hydrogens (tertiary/aromatic N) is 3. The van der Waals surface area contributed by atoms with Gasteiger partial charge in [-0.2, -0.15) is 0 Å². The van der Waals surface area contributed by atoms with Crippen molar-refractivity contribution >= 4 is 122 Å². The van der Waals surface area contributed by atoms with Crippen molar-refractivity contribution in [3.8, 4) is 17.1 Å². The molecule has 2 aliphatic heterocycles. The van der Waals surface area contributed by atoms with Crippen LogP contribution >= 0.6 is 23.5 Å². The monoisotopic (exact) mass is 1380 g/mol. The molecule has 13 aromatic rings. The minimum absolute atomic E-state index is 0.000726. The first-order chi connectivity index (χ1) is 44.0. The summed E-state index contributed by atoms with van der Waals surface area (Å²) in [5.74, 6) is 0. The molecule has 0 bridgehead atoms. The topological polar surface area (TPSA) is 14.8 Å². The third kappa shape index (κ3) is 10.0. The molecule has 0 saturated carbocycles. The summed E-state index contributed by atoms with van der Waals surface area (Å²) >= 11 is -0.490. The molecular weight excluding hydrogens is 1280 g/mol. The van der Waals surface area contributed by atoms with Gasteiger partial charge in [-0.1, -0.05) is 0 Å². The third-order valence-electron chi connectivity index (χ3n) is 21.1. The molecule has 3 aromatic heterocycles. The SMILES string of the molecule is CC(C)(C)c1cc[c]([Sn]23[c]4ccc(-n5c6ccc(C(C)(C)C)cc6c6cc(C(C)(C)C)ccc65)cc4Sc4cc(-n5c6ccc(C(C)(C)C)cc6c6cc(C(C)(C)C)ccc65)cc([c]42)Sc2cc(-n4c5ccc(C(C)(C)C)cc5c5cc(C(C)(C)C)ccc54)cc[c]23)cc1. The number of hydrogen-bond donors (Lipinski definition) is 0. The second kappa shape index (κ2) is 21.1. The zero-order valence-corrected chi connectivity index (χ0v) is 64.0. The maximum atomic E-state index is 2.61. The second-order valence-electron chi connectivity index (χ2n) is 34.9. The molecule has 0 spiro atoms.